The summed E-state index contributed by atoms with van der Waals surface area (Å²) in [7, 11) is 0. The number of hydrogen-bond acceptors (Lipinski definition) is 1. The van der Waals surface area contributed by atoms with Crippen LogP contribution in [-0.2, 0) is 17.1 Å². The van der Waals surface area contributed by atoms with Crippen LogP contribution in [0.15, 0.2) is 24.3 Å². The number of carboxylic acids is 1. The third-order valence-electron chi connectivity index (χ3n) is 1.27. The van der Waals surface area contributed by atoms with Crippen molar-refractivity contribution in [2.45, 2.75) is 6.92 Å². The van der Waals surface area contributed by atoms with E-state index in [0.717, 1.165) is 5.56 Å². The number of carbonyl (C=O) groups is 1. The zero-order chi connectivity index (χ0) is 7.56. The summed E-state index contributed by atoms with van der Waals surface area (Å²) in [4.78, 5) is 10.4. The van der Waals surface area contributed by atoms with Crippen molar-refractivity contribution in [2.75, 3.05) is 0 Å². The molecule has 0 aliphatic carbocycles. The summed E-state index contributed by atoms with van der Waals surface area (Å²) in [6.45, 7) is 1.87. The minimum absolute atomic E-state index is 0. The van der Waals surface area contributed by atoms with Gasteiger partial charge in [-0.15, -0.1) is 0 Å². The number of benzene rings is 1. The molecule has 0 saturated heterocycles. The van der Waals surface area contributed by atoms with Crippen LogP contribution < -0.4 is 0 Å². The van der Waals surface area contributed by atoms with Gasteiger partial charge < -0.3 is 5.11 Å². The smallest absolute Gasteiger partial charge is 0.335 e. The summed E-state index contributed by atoms with van der Waals surface area (Å²) in [6.07, 6.45) is 0. The zero-order valence-electron chi connectivity index (χ0n) is 5.97. The van der Waals surface area contributed by atoms with Crippen molar-refractivity contribution in [3.63, 3.8) is 0 Å². The molecule has 0 aliphatic heterocycles. The van der Waals surface area contributed by atoms with Gasteiger partial charge in [-0.25, -0.2) is 4.79 Å². The van der Waals surface area contributed by atoms with Crippen molar-refractivity contribution in [2.24, 2.45) is 0 Å². The second kappa shape index (κ2) is 4.16. The third kappa shape index (κ3) is 2.74. The van der Waals surface area contributed by atoms with E-state index in [1.807, 2.05) is 13.0 Å². The minimum Gasteiger partial charge on any atom is -0.478 e. The molecule has 1 aromatic carbocycles. The molecule has 1 rings (SSSR count). The van der Waals surface area contributed by atoms with Gasteiger partial charge in [0.25, 0.3) is 0 Å². The zero-order valence-corrected chi connectivity index (χ0v) is 6.91. The second-order valence-electron chi connectivity index (χ2n) is 2.17. The first-order chi connectivity index (χ1) is 4.70. The Morgan fingerprint density at radius 3 is 2.45 bits per heavy atom. The predicted molar refractivity (Wildman–Crippen MR) is 38.1 cm³/mol. The molecule has 0 fully saturated rings. The van der Waals surface area contributed by atoms with Crippen LogP contribution in [0.3, 0.4) is 0 Å². The number of aryl methyl sites for hydroxylation is 1. The van der Waals surface area contributed by atoms with Crippen LogP contribution in [0, 0.1) is 6.92 Å². The van der Waals surface area contributed by atoms with Gasteiger partial charge >= 0.3 is 5.97 Å². The van der Waals surface area contributed by atoms with Crippen molar-refractivity contribution in [3.8, 4) is 0 Å². The number of carboxylic acid groups (broad SMARTS) is 1. The van der Waals surface area contributed by atoms with Crippen molar-refractivity contribution < 1.29 is 27.0 Å². The topological polar surface area (TPSA) is 37.3 Å². The first-order valence-electron chi connectivity index (χ1n) is 3.00. The van der Waals surface area contributed by atoms with Crippen LogP contribution in [0.1, 0.15) is 15.9 Å². The standard InChI is InChI=1S/C8H8O2.Cu/c1-6-3-2-4-7(5-6)8(9)10;/h2-5H,1H3,(H,9,10);. The van der Waals surface area contributed by atoms with Crippen LogP contribution in [0.5, 0.6) is 0 Å². The summed E-state index contributed by atoms with van der Waals surface area (Å²) in [5.41, 5.74) is 1.32. The molecule has 0 atom stereocenters. The van der Waals surface area contributed by atoms with Gasteiger partial charge in [0.15, 0.2) is 0 Å². The first kappa shape index (κ1) is 10.2. The van der Waals surface area contributed by atoms with Crippen molar-refractivity contribution in [3.05, 3.63) is 35.4 Å². The van der Waals surface area contributed by atoms with Crippen molar-refractivity contribution >= 4 is 5.97 Å². The van der Waals surface area contributed by atoms with E-state index >= 15 is 0 Å². The van der Waals surface area contributed by atoms with Crippen LogP contribution >= 0.6 is 0 Å². The number of aromatic carboxylic acids is 1. The molecule has 0 spiro atoms. The van der Waals surface area contributed by atoms with E-state index in [-0.39, 0.29) is 17.1 Å². The Kier molecular flexibility index (Phi) is 3.86. The molecule has 3 heteroatoms. The molecular weight excluding hydrogens is 192 g/mol. The van der Waals surface area contributed by atoms with Crippen LogP contribution in [0.4, 0.5) is 0 Å². The Balaban J connectivity index is 0.000001000. The maximum atomic E-state index is 10.4. The van der Waals surface area contributed by atoms with E-state index in [4.69, 9.17) is 5.11 Å². The van der Waals surface area contributed by atoms with Crippen LogP contribution in [-0.4, -0.2) is 11.1 Å². The van der Waals surface area contributed by atoms with Gasteiger partial charge in [0, 0.05) is 17.1 Å². The van der Waals surface area contributed by atoms with Crippen LogP contribution in [0.25, 0.3) is 0 Å². The molecule has 11 heavy (non-hydrogen) atoms. The molecule has 0 heterocycles. The van der Waals surface area contributed by atoms with E-state index in [2.05, 4.69) is 0 Å². The van der Waals surface area contributed by atoms with Gasteiger partial charge in [-0.1, -0.05) is 17.7 Å². The molecule has 0 aliphatic rings. The number of rotatable bonds is 1. The van der Waals surface area contributed by atoms with Crippen molar-refractivity contribution in [1.29, 1.82) is 0 Å². The van der Waals surface area contributed by atoms with Gasteiger partial charge in [-0.2, -0.15) is 0 Å². The molecule has 0 bridgehead atoms. The van der Waals surface area contributed by atoms with Gasteiger partial charge in [-0.3, -0.25) is 0 Å². The first-order valence-corrected chi connectivity index (χ1v) is 3.00. The van der Waals surface area contributed by atoms with E-state index in [1.54, 1.807) is 18.2 Å². The Morgan fingerprint density at radius 2 is 2.09 bits per heavy atom. The Labute approximate surface area is 75.7 Å². The maximum Gasteiger partial charge on any atom is 0.335 e. The summed E-state index contributed by atoms with van der Waals surface area (Å²) in [5.74, 6) is -0.872. The quantitative estimate of drug-likeness (QED) is 0.699. The Morgan fingerprint density at radius 1 is 1.45 bits per heavy atom. The molecule has 0 amide bonds. The van der Waals surface area contributed by atoms with Gasteiger partial charge in [0.1, 0.15) is 0 Å². The maximum absolute atomic E-state index is 10.4. The Bertz CT molecular complexity index is 258. The monoisotopic (exact) mass is 199 g/mol. The van der Waals surface area contributed by atoms with E-state index in [0.29, 0.717) is 5.56 Å². The normalized spacial score (nSPS) is 8.45. The van der Waals surface area contributed by atoms with E-state index in [1.165, 1.54) is 0 Å². The van der Waals surface area contributed by atoms with Gasteiger partial charge in [0.2, 0.25) is 0 Å². The fraction of sp³-hybridized carbons (Fsp3) is 0.125. The second-order valence-corrected chi connectivity index (χ2v) is 2.17. The summed E-state index contributed by atoms with van der Waals surface area (Å²) < 4.78 is 0. The fourth-order valence-corrected chi connectivity index (χ4v) is 0.778. The molecule has 1 radical (unpaired) electrons. The molecule has 63 valence electrons. The van der Waals surface area contributed by atoms with Crippen molar-refractivity contribution in [1.82, 2.24) is 0 Å². The molecule has 1 aromatic rings. The summed E-state index contributed by atoms with van der Waals surface area (Å²) in [5, 5.41) is 8.51. The third-order valence-corrected chi connectivity index (χ3v) is 1.27. The van der Waals surface area contributed by atoms with Gasteiger partial charge in [0.05, 0.1) is 5.56 Å². The molecule has 0 saturated carbocycles. The molecular formula is C8H8CuO2. The predicted octanol–water partition coefficient (Wildman–Crippen LogP) is 1.69. The summed E-state index contributed by atoms with van der Waals surface area (Å²) >= 11 is 0. The molecule has 0 unspecified atom stereocenters. The van der Waals surface area contributed by atoms with E-state index in [9.17, 15) is 4.79 Å². The minimum atomic E-state index is -0.872. The average molecular weight is 200 g/mol. The SMILES string of the molecule is Cc1cccc(C(=O)O)c1.[Cu]. The van der Waals surface area contributed by atoms with Gasteiger partial charge in [-0.05, 0) is 19.1 Å². The molecule has 2 nitrogen and oxygen atoms in total. The largest absolute Gasteiger partial charge is 0.478 e. The van der Waals surface area contributed by atoms with E-state index < -0.39 is 5.97 Å². The Hall–Kier alpha value is -0.791. The fourth-order valence-electron chi connectivity index (χ4n) is 0.778. The molecule has 0 aromatic heterocycles. The molecule has 1 N–H and O–H groups in total. The summed E-state index contributed by atoms with van der Waals surface area (Å²) in [6, 6.07) is 6.82. The number of hydrogen-bond donors (Lipinski definition) is 1. The van der Waals surface area contributed by atoms with Crippen LogP contribution in [0.2, 0.25) is 0 Å². The average Bonchev–Trinajstić information content (AvgIpc) is 1.88.